The normalized spacial score (nSPS) is 12.1. The quantitative estimate of drug-likeness (QED) is 0.477. The van der Waals surface area contributed by atoms with Crippen molar-refractivity contribution in [3.05, 3.63) is 42.5 Å². The minimum absolute atomic E-state index is 0.565. The molecule has 1 atom stereocenters. The van der Waals surface area contributed by atoms with E-state index in [1.54, 1.807) is 31.2 Å². The van der Waals surface area contributed by atoms with E-state index in [1.807, 2.05) is 6.07 Å². The average molecular weight is 236 g/mol. The van der Waals surface area contributed by atoms with Crippen molar-refractivity contribution in [3.63, 3.8) is 0 Å². The molecule has 1 rings (SSSR count). The summed E-state index contributed by atoms with van der Waals surface area (Å²) in [4.78, 5) is 21.3. The maximum absolute atomic E-state index is 11.1. The van der Waals surface area contributed by atoms with Gasteiger partial charge in [0.05, 0.1) is 0 Å². The molecule has 1 N–H and O–H groups in total. The van der Waals surface area contributed by atoms with Crippen molar-refractivity contribution in [3.8, 4) is 5.75 Å². The molecule has 1 aromatic rings. The lowest BCUT2D eigenvalue weighted by Crippen LogP contribution is -2.19. The monoisotopic (exact) mass is 236 g/mol. The fraction of sp³-hybridized carbons (Fsp3) is 0.167. The van der Waals surface area contributed by atoms with Crippen molar-refractivity contribution >= 4 is 11.9 Å². The van der Waals surface area contributed by atoms with E-state index in [1.165, 1.54) is 0 Å². The van der Waals surface area contributed by atoms with Crippen LogP contribution in [0.15, 0.2) is 42.5 Å². The van der Waals surface area contributed by atoms with E-state index in [0.717, 1.165) is 6.08 Å². The Balaban J connectivity index is 2.42. The Kier molecular flexibility index (Phi) is 4.75. The highest BCUT2D eigenvalue weighted by Crippen LogP contribution is 2.11. The van der Waals surface area contributed by atoms with Crippen LogP contribution in [0, 0.1) is 0 Å². The lowest BCUT2D eigenvalue weighted by molar-refractivity contribution is -0.155. The molecule has 1 unspecified atom stereocenters. The molecule has 0 saturated carbocycles. The third-order valence-electron chi connectivity index (χ3n) is 1.69. The van der Waals surface area contributed by atoms with Crippen LogP contribution >= 0.6 is 0 Å². The van der Waals surface area contributed by atoms with E-state index in [4.69, 9.17) is 14.6 Å². The van der Waals surface area contributed by atoms with Gasteiger partial charge in [0.1, 0.15) is 5.75 Å². The number of carbonyl (C=O) groups is 2. The van der Waals surface area contributed by atoms with Crippen LogP contribution in [0.1, 0.15) is 6.92 Å². The predicted octanol–water partition coefficient (Wildman–Crippen LogP) is 1.60. The van der Waals surface area contributed by atoms with Crippen LogP contribution in [-0.4, -0.2) is 23.3 Å². The molecule has 0 bridgehead atoms. The Morgan fingerprint density at radius 2 is 1.88 bits per heavy atom. The Hall–Kier alpha value is -2.30. The molecule has 1 aromatic carbocycles. The molecule has 0 fully saturated rings. The van der Waals surface area contributed by atoms with Gasteiger partial charge in [0.15, 0.2) is 0 Å². The molecule has 0 spiro atoms. The first kappa shape index (κ1) is 12.8. The van der Waals surface area contributed by atoms with Gasteiger partial charge in [-0.25, -0.2) is 9.59 Å². The fourth-order valence-corrected chi connectivity index (χ4v) is 1.06. The topological polar surface area (TPSA) is 72.8 Å². The number of rotatable bonds is 5. The van der Waals surface area contributed by atoms with Gasteiger partial charge in [0, 0.05) is 19.1 Å². The summed E-state index contributed by atoms with van der Waals surface area (Å²) in [5.41, 5.74) is 0. The van der Waals surface area contributed by atoms with Crippen LogP contribution in [0.25, 0.3) is 0 Å². The van der Waals surface area contributed by atoms with Crippen LogP contribution in [0.5, 0.6) is 5.75 Å². The predicted molar refractivity (Wildman–Crippen MR) is 59.4 cm³/mol. The zero-order chi connectivity index (χ0) is 12.7. The number of carbonyl (C=O) groups excluding carboxylic acids is 1. The SMILES string of the molecule is CC(OC(=O)C=CC(=O)O)Oc1ccccc1. The summed E-state index contributed by atoms with van der Waals surface area (Å²) in [6.45, 7) is 1.54. The van der Waals surface area contributed by atoms with Crippen molar-refractivity contribution in [2.75, 3.05) is 0 Å². The third-order valence-corrected chi connectivity index (χ3v) is 1.69. The average Bonchev–Trinajstić information content (AvgIpc) is 2.27. The van der Waals surface area contributed by atoms with E-state index >= 15 is 0 Å². The highest BCUT2D eigenvalue weighted by Gasteiger charge is 2.08. The summed E-state index contributed by atoms with van der Waals surface area (Å²) >= 11 is 0. The van der Waals surface area contributed by atoms with Crippen LogP contribution in [-0.2, 0) is 14.3 Å². The Labute approximate surface area is 98.3 Å². The molecule has 0 saturated heterocycles. The van der Waals surface area contributed by atoms with Gasteiger partial charge in [0.25, 0.3) is 0 Å². The standard InChI is InChI=1S/C12H12O5/c1-9(16-10-5-3-2-4-6-10)17-12(15)8-7-11(13)14/h2-9H,1H3,(H,13,14). The molecule has 5 heteroatoms. The van der Waals surface area contributed by atoms with E-state index in [0.29, 0.717) is 11.8 Å². The van der Waals surface area contributed by atoms with Gasteiger partial charge in [-0.05, 0) is 12.1 Å². The zero-order valence-corrected chi connectivity index (χ0v) is 9.20. The second kappa shape index (κ2) is 6.32. The van der Waals surface area contributed by atoms with Gasteiger partial charge in [-0.15, -0.1) is 0 Å². The second-order valence-corrected chi connectivity index (χ2v) is 3.11. The van der Waals surface area contributed by atoms with E-state index in [9.17, 15) is 9.59 Å². The summed E-state index contributed by atoms with van der Waals surface area (Å²) in [5, 5.41) is 8.31. The summed E-state index contributed by atoms with van der Waals surface area (Å²) in [6.07, 6.45) is 0.744. The van der Waals surface area contributed by atoms with Crippen LogP contribution in [0.4, 0.5) is 0 Å². The van der Waals surface area contributed by atoms with E-state index in [2.05, 4.69) is 0 Å². The van der Waals surface area contributed by atoms with Gasteiger partial charge in [0.2, 0.25) is 6.29 Å². The highest BCUT2D eigenvalue weighted by molar-refractivity contribution is 5.90. The van der Waals surface area contributed by atoms with E-state index in [-0.39, 0.29) is 0 Å². The summed E-state index contributed by atoms with van der Waals surface area (Å²) in [6, 6.07) is 8.84. The number of para-hydroxylation sites is 1. The molecular formula is C12H12O5. The largest absolute Gasteiger partial charge is 0.478 e. The number of ether oxygens (including phenoxy) is 2. The van der Waals surface area contributed by atoms with Crippen molar-refractivity contribution < 1.29 is 24.2 Å². The third kappa shape index (κ3) is 5.36. The molecule has 0 amide bonds. The molecule has 17 heavy (non-hydrogen) atoms. The van der Waals surface area contributed by atoms with Crippen molar-refractivity contribution in [1.29, 1.82) is 0 Å². The number of hydrogen-bond acceptors (Lipinski definition) is 4. The fourth-order valence-electron chi connectivity index (χ4n) is 1.06. The van der Waals surface area contributed by atoms with Crippen molar-refractivity contribution in [1.82, 2.24) is 0 Å². The first-order chi connectivity index (χ1) is 8.08. The maximum atomic E-state index is 11.1. The van der Waals surface area contributed by atoms with E-state index < -0.39 is 18.2 Å². The highest BCUT2D eigenvalue weighted by atomic mass is 16.7. The number of aliphatic carboxylic acids is 1. The lowest BCUT2D eigenvalue weighted by atomic mass is 10.3. The summed E-state index contributed by atoms with van der Waals surface area (Å²) in [5.74, 6) is -1.41. The molecule has 0 aliphatic rings. The summed E-state index contributed by atoms with van der Waals surface area (Å²) in [7, 11) is 0. The number of carboxylic acids is 1. The molecule has 0 radical (unpaired) electrons. The van der Waals surface area contributed by atoms with Gasteiger partial charge >= 0.3 is 11.9 Å². The first-order valence-corrected chi connectivity index (χ1v) is 4.91. The number of benzene rings is 1. The lowest BCUT2D eigenvalue weighted by Gasteiger charge is -2.13. The molecule has 0 heterocycles. The molecule has 90 valence electrons. The van der Waals surface area contributed by atoms with Crippen LogP contribution in [0.2, 0.25) is 0 Å². The molecular weight excluding hydrogens is 224 g/mol. The van der Waals surface area contributed by atoms with Gasteiger partial charge < -0.3 is 14.6 Å². The Morgan fingerprint density at radius 3 is 2.47 bits per heavy atom. The first-order valence-electron chi connectivity index (χ1n) is 4.91. The number of carboxylic acid groups (broad SMARTS) is 1. The zero-order valence-electron chi connectivity index (χ0n) is 9.20. The molecule has 0 aromatic heterocycles. The number of hydrogen-bond donors (Lipinski definition) is 1. The number of esters is 1. The van der Waals surface area contributed by atoms with Crippen LogP contribution in [0.3, 0.4) is 0 Å². The summed E-state index contributed by atoms with van der Waals surface area (Å²) < 4.78 is 10.1. The van der Waals surface area contributed by atoms with Crippen LogP contribution < -0.4 is 4.74 Å². The Bertz CT molecular complexity index is 410. The molecule has 0 aliphatic heterocycles. The van der Waals surface area contributed by atoms with Crippen molar-refractivity contribution in [2.45, 2.75) is 13.2 Å². The van der Waals surface area contributed by atoms with Gasteiger partial charge in [-0.2, -0.15) is 0 Å². The smallest absolute Gasteiger partial charge is 0.334 e. The minimum Gasteiger partial charge on any atom is -0.478 e. The minimum atomic E-state index is -1.21. The second-order valence-electron chi connectivity index (χ2n) is 3.11. The van der Waals surface area contributed by atoms with Gasteiger partial charge in [-0.1, -0.05) is 18.2 Å². The van der Waals surface area contributed by atoms with Crippen molar-refractivity contribution in [2.24, 2.45) is 0 Å². The van der Waals surface area contributed by atoms with Gasteiger partial charge in [-0.3, -0.25) is 0 Å². The molecule has 5 nitrogen and oxygen atoms in total. The Morgan fingerprint density at radius 1 is 1.24 bits per heavy atom. The maximum Gasteiger partial charge on any atom is 0.334 e. The molecule has 0 aliphatic carbocycles.